The van der Waals surface area contributed by atoms with E-state index in [1.165, 1.54) is 13.8 Å². The van der Waals surface area contributed by atoms with E-state index in [1.54, 1.807) is 0 Å². The van der Waals surface area contributed by atoms with E-state index >= 15 is 0 Å². The second-order valence-corrected chi connectivity index (χ2v) is 19.2. The normalized spacial score (nSPS) is 15.8. The molecular formula is C50H81Fe7O57+7. The quantitative estimate of drug-likeness (QED) is 0.0244. The fourth-order valence-electron chi connectivity index (χ4n) is 4.67. The van der Waals surface area contributed by atoms with Gasteiger partial charge in [-0.2, -0.15) is 0 Å². The first-order chi connectivity index (χ1) is 47.7. The van der Waals surface area contributed by atoms with E-state index in [4.69, 9.17) is 199 Å². The first kappa shape index (κ1) is 148. The molecule has 672 valence electrons. The van der Waals surface area contributed by atoms with E-state index in [0.29, 0.717) is 0 Å². The maximum absolute atomic E-state index is 10.5. The van der Waals surface area contributed by atoms with Crippen LogP contribution in [0, 0.1) is 0 Å². The van der Waals surface area contributed by atoms with Gasteiger partial charge in [0.15, 0.2) is 53.2 Å². The number of carboxylic acids is 14. The van der Waals surface area contributed by atoms with Gasteiger partial charge in [-0.25, -0.2) is 43.2 Å². The van der Waals surface area contributed by atoms with Crippen LogP contribution in [0.25, 0.3) is 0 Å². The minimum absolute atomic E-state index is 0. The summed E-state index contributed by atoms with van der Waals surface area (Å²) in [4.78, 5) is 158. The van der Waals surface area contributed by atoms with Crippen LogP contribution < -0.4 is 15.3 Å². The van der Waals surface area contributed by atoms with E-state index in [1.807, 2.05) is 0 Å². The molecule has 2 rings (SSSR count). The number of rotatable bonds is 29. The first-order valence-electron chi connectivity index (χ1n) is 26.9. The number of carboxylic acid groups (broad SMARTS) is 14. The fourth-order valence-corrected chi connectivity index (χ4v) is 4.67. The topological polar surface area (TPSA) is 1100 Å². The third-order valence-corrected chi connectivity index (χ3v) is 10.0. The van der Waals surface area contributed by atoms with Gasteiger partial charge in [0.05, 0.1) is 58.1 Å². The van der Waals surface area contributed by atoms with Crippen molar-refractivity contribution in [3.05, 3.63) is 23.0 Å². The van der Waals surface area contributed by atoms with Gasteiger partial charge in [0.2, 0.25) is 11.5 Å². The molecule has 2 aliphatic rings. The van der Waals surface area contributed by atoms with E-state index in [9.17, 15) is 72.2 Å². The second-order valence-electron chi connectivity index (χ2n) is 19.2. The van der Waals surface area contributed by atoms with Crippen LogP contribution in [0.4, 0.5) is 0 Å². The maximum Gasteiger partial charge on any atom is 3.00 e. The van der Waals surface area contributed by atoms with Crippen LogP contribution in [0.15, 0.2) is 23.0 Å². The number of aliphatic hydroxyl groups is 24. The summed E-state index contributed by atoms with van der Waals surface area (Å²) in [5.41, 5.74) is -5.48. The van der Waals surface area contributed by atoms with Crippen LogP contribution in [0.5, 0.6) is 0 Å². The van der Waals surface area contributed by atoms with Crippen molar-refractivity contribution in [2.75, 3.05) is 26.4 Å². The number of cyclic esters (lactones) is 2. The average Bonchev–Trinajstić information content (AvgIpc) is 1.65. The van der Waals surface area contributed by atoms with Gasteiger partial charge in [-0.15, -0.1) is 0 Å². The smallest absolute Gasteiger partial charge is 0.550 e. The average molecular weight is 1990 g/mol. The van der Waals surface area contributed by atoms with Crippen molar-refractivity contribution in [3.8, 4) is 0 Å². The Morgan fingerprint density at radius 2 is 0.561 bits per heavy atom. The monoisotopic (exact) mass is 1980 g/mol. The summed E-state index contributed by atoms with van der Waals surface area (Å²) in [6, 6.07) is 0. The second kappa shape index (κ2) is 77.2. The largest absolute Gasteiger partial charge is 3.00 e. The Bertz CT molecular complexity index is 2670. The standard InChI is InChI=1S/2C6H8O7.2C6H12O7.2C6H8O6.C4H6O6.2C3H6O3.2C2H4O2.7Fe.H2O/c2*7-3(8)1-6(13,5(11)12)2-4(9)10;2*7-1-2(8)3(9)4(10)5(11)6(12)13;2*7-1-2(8)5-3(9)4(10)6(11)12-5;5-1(3(7)8)2(6)4(9)10;2*1-2(4)3(5)6;2*1-2(3)4;;;;;;;;/h2*13H,1-2H2,(H,7,8)(H,9,10)(H,11,12);2*2-5,7-11H,1H2,(H,12,13);2*2,5,7-10H,1H2;1-2,5-6H,(H,7,8)(H,9,10);2*2,4H,1H3,(H,5,6);2*1H3,(H,3,4);;;;;;;;1H2/q;;;;;;;;;;;;;;2*+2;2*+3;/p-3/t;;2*2-,3-,4+,5-;2*2-,5+;;;;;;;;;;;;;/m..1100............./s1. The summed E-state index contributed by atoms with van der Waals surface area (Å²) in [5.74, 6) is -27.4. The molecule has 2 aliphatic heterocycles. The summed E-state index contributed by atoms with van der Waals surface area (Å²) in [5, 5.41) is 325. The van der Waals surface area contributed by atoms with Gasteiger partial charge in [0, 0.05) is 63.1 Å². The molecule has 16 atom stereocenters. The molecule has 2 radical (unpaired) electrons. The van der Waals surface area contributed by atoms with Gasteiger partial charge >= 0.3 is 146 Å². The number of esters is 2. The molecule has 0 bridgehead atoms. The molecule has 114 heavy (non-hydrogen) atoms. The Hall–Kier alpha value is -7.00. The predicted molar refractivity (Wildman–Crippen MR) is 310 cm³/mol. The Kier molecular flexibility index (Phi) is 101. The van der Waals surface area contributed by atoms with Crippen molar-refractivity contribution in [2.24, 2.45) is 0 Å². The van der Waals surface area contributed by atoms with E-state index in [0.717, 1.165) is 13.8 Å². The number of carbonyl (C=O) groups is 16. The number of aliphatic carboxylic acids is 14. The molecule has 0 aromatic heterocycles. The Morgan fingerprint density at radius 1 is 0.377 bits per heavy atom. The van der Waals surface area contributed by atoms with Crippen LogP contribution in [0.3, 0.4) is 0 Å². The van der Waals surface area contributed by atoms with E-state index in [-0.39, 0.29) is 125 Å². The van der Waals surface area contributed by atoms with Crippen LogP contribution in [-0.4, -0.2) is 415 Å². The third-order valence-electron chi connectivity index (χ3n) is 10.0. The number of ether oxygens (including phenoxy) is 2. The van der Waals surface area contributed by atoms with Gasteiger partial charge < -0.3 is 223 Å². The summed E-state index contributed by atoms with van der Waals surface area (Å²) >= 11 is 0. The summed E-state index contributed by atoms with van der Waals surface area (Å²) in [7, 11) is 0. The minimum atomic E-state index is -2.74. The zero-order valence-electron chi connectivity index (χ0n) is 57.1. The number of carbonyl (C=O) groups excluding carboxylic acids is 5. The molecule has 37 N–H and O–H groups in total. The zero-order valence-corrected chi connectivity index (χ0v) is 64.8. The molecule has 0 aliphatic carbocycles. The maximum atomic E-state index is 10.5. The molecule has 0 amide bonds. The summed E-state index contributed by atoms with van der Waals surface area (Å²) in [6.45, 7) is 1.31. The SMILES string of the molecule is CC(=O)[O-].CC(=O)[O-].CC(O)C(=O)O.CC(O)C(=O)O.O.O=C(O)CC(O)(CC(=O)O)C(=O)O.O=C(O)CC(O)(CC(=O)O)C(=O)O.O=C(O)[C@H](O)[C@@H](O)[C@H](O)[C@H](O)CO.O=C(O)[C@H](O)[C@@H](O)[C@H](O)[C@H](O)CO.O=C([O-])C(O)C(O)C(=O)O.O=C1O[C@H]([C@@H](O)CO)C(O)=C1O.O=C1O[C@H]([C@@H](O)CO)C(O)=C1O.[Fe+2].[Fe+2].[Fe+3].[Fe+3].[Fe].[Fe].[Fe]. The van der Waals surface area contributed by atoms with Gasteiger partial charge in [-0.1, -0.05) is 0 Å². The van der Waals surface area contributed by atoms with E-state index in [2.05, 4.69) is 9.47 Å². The Balaban J connectivity index is -0.0000000611. The Morgan fingerprint density at radius 3 is 0.658 bits per heavy atom. The van der Waals surface area contributed by atoms with Gasteiger partial charge in [0.25, 0.3) is 0 Å². The number of hydrogen-bond donors (Lipinski definition) is 35. The van der Waals surface area contributed by atoms with Crippen molar-refractivity contribution in [2.45, 2.75) is 162 Å². The van der Waals surface area contributed by atoms with Crippen LogP contribution in [0.2, 0.25) is 0 Å². The van der Waals surface area contributed by atoms with Crippen molar-refractivity contribution in [3.63, 3.8) is 0 Å². The number of aliphatic hydroxyl groups excluding tert-OH is 22. The summed E-state index contributed by atoms with van der Waals surface area (Å²) < 4.78 is 8.63. The molecule has 0 spiro atoms. The van der Waals surface area contributed by atoms with Gasteiger partial charge in [0.1, 0.15) is 67.1 Å². The van der Waals surface area contributed by atoms with Crippen LogP contribution in [-0.2, 0) is 206 Å². The molecule has 57 nitrogen and oxygen atoms in total. The number of hydrogen-bond acceptors (Lipinski definition) is 45. The molecular weight excluding hydrogens is 1900 g/mol. The summed E-state index contributed by atoms with van der Waals surface area (Å²) in [6.07, 6.45) is -33.0. The van der Waals surface area contributed by atoms with Crippen molar-refractivity contribution in [1.82, 2.24) is 0 Å². The van der Waals surface area contributed by atoms with Gasteiger partial charge in [-0.3, -0.25) is 19.2 Å². The Labute approximate surface area is 708 Å². The molecule has 0 saturated heterocycles. The molecule has 2 heterocycles. The van der Waals surface area contributed by atoms with Crippen molar-refractivity contribution in [1.29, 1.82) is 0 Å². The molecule has 0 saturated carbocycles. The first-order valence-corrected chi connectivity index (χ1v) is 26.9. The minimum Gasteiger partial charge on any atom is -0.550 e. The molecule has 0 fully saturated rings. The van der Waals surface area contributed by atoms with Gasteiger partial charge in [-0.05, 0) is 27.7 Å². The predicted octanol–water partition coefficient (Wildman–Crippen LogP) is -20.2. The molecule has 4 unspecified atom stereocenters. The van der Waals surface area contributed by atoms with E-state index < -0.39 is 280 Å². The fraction of sp³-hybridized carbons (Fsp3) is 0.600. The zero-order chi connectivity index (χ0) is 86.9. The van der Waals surface area contributed by atoms with Crippen molar-refractivity contribution < 1.29 is 405 Å². The molecule has 0 aromatic carbocycles. The van der Waals surface area contributed by atoms with Crippen molar-refractivity contribution >= 4 is 95.5 Å². The molecule has 0 aromatic rings. The van der Waals surface area contributed by atoms with Crippen LogP contribution >= 0.6 is 0 Å². The molecule has 64 heteroatoms. The third kappa shape index (κ3) is 72.7. The van der Waals surface area contributed by atoms with Crippen LogP contribution in [0.1, 0.15) is 53.4 Å².